The maximum absolute atomic E-state index is 10.8. The van der Waals surface area contributed by atoms with Crippen LogP contribution in [-0.4, -0.2) is 13.1 Å². The molecule has 0 aromatic heterocycles. The van der Waals surface area contributed by atoms with E-state index in [0.29, 0.717) is 5.56 Å². The zero-order chi connectivity index (χ0) is 7.40. The van der Waals surface area contributed by atoms with E-state index >= 15 is 0 Å². The summed E-state index contributed by atoms with van der Waals surface area (Å²) in [5.74, 6) is -0.291. The van der Waals surface area contributed by atoms with Gasteiger partial charge in [-0.05, 0) is 12.1 Å². The fourth-order valence-corrected chi connectivity index (χ4v) is 0.692. The zero-order valence-electron chi connectivity index (χ0n) is 6.28. The smallest absolute Gasteiger partial charge is 0.337 e. The predicted molar refractivity (Wildman–Crippen MR) is 37.8 cm³/mol. The first-order valence-corrected chi connectivity index (χ1v) is 2.98. The van der Waals surface area contributed by atoms with Crippen LogP contribution in [0.5, 0.6) is 0 Å². The summed E-state index contributed by atoms with van der Waals surface area (Å²) >= 11 is 0. The zero-order valence-corrected chi connectivity index (χ0v) is 9.91. The van der Waals surface area contributed by atoms with Crippen molar-refractivity contribution in [3.8, 4) is 0 Å². The fraction of sp³-hybridized carbons (Fsp3) is 0.125. The van der Waals surface area contributed by atoms with Gasteiger partial charge in [-0.2, -0.15) is 0 Å². The molecule has 0 bridgehead atoms. The number of ether oxygens (including phenoxy) is 1. The number of benzene rings is 1. The molecule has 0 aliphatic heterocycles. The molecule has 0 aliphatic rings. The van der Waals surface area contributed by atoms with Gasteiger partial charge in [0.2, 0.25) is 0 Å². The number of rotatable bonds is 1. The van der Waals surface area contributed by atoms with Crippen LogP contribution in [0.3, 0.4) is 0 Å². The molecule has 1 radical (unpaired) electrons. The molecule has 1 aromatic carbocycles. The van der Waals surface area contributed by atoms with Crippen LogP contribution in [0.2, 0.25) is 0 Å². The monoisotopic (exact) mass is 275 g/mol. The van der Waals surface area contributed by atoms with Crippen molar-refractivity contribution < 1.29 is 45.1 Å². The van der Waals surface area contributed by atoms with Gasteiger partial charge in [-0.1, -0.05) is 18.2 Å². The molecule has 0 aliphatic carbocycles. The number of carbonyl (C=O) groups excluding carboxylic acids is 1. The molecule has 0 saturated heterocycles. The van der Waals surface area contributed by atoms with Crippen LogP contribution in [0.1, 0.15) is 10.4 Å². The minimum Gasteiger partial charge on any atom is -0.465 e. The molecule has 11 heavy (non-hydrogen) atoms. The Morgan fingerprint density at radius 3 is 2.27 bits per heavy atom. The number of hydrogen-bond acceptors (Lipinski definition) is 2. The Balaban J connectivity index is 0.000001000. The predicted octanol–water partition coefficient (Wildman–Crippen LogP) is 1.47. The normalized spacial score (nSPS) is 8.09. The second kappa shape index (κ2) is 5.52. The van der Waals surface area contributed by atoms with Crippen LogP contribution in [0.4, 0.5) is 0 Å². The van der Waals surface area contributed by atoms with Gasteiger partial charge in [0.15, 0.2) is 0 Å². The third kappa shape index (κ3) is 3.19. The van der Waals surface area contributed by atoms with Crippen molar-refractivity contribution in [1.29, 1.82) is 0 Å². The van der Waals surface area contributed by atoms with E-state index in [0.717, 1.165) is 0 Å². The van der Waals surface area contributed by atoms with Gasteiger partial charge in [0.05, 0.1) is 12.7 Å². The molecular formula is C8H8LaO2. The van der Waals surface area contributed by atoms with Crippen LogP contribution in [0.25, 0.3) is 0 Å². The van der Waals surface area contributed by atoms with Gasteiger partial charge in [0.25, 0.3) is 0 Å². The Bertz CT molecular complexity index is 221. The van der Waals surface area contributed by atoms with Gasteiger partial charge in [-0.15, -0.1) is 0 Å². The Kier molecular flexibility index (Phi) is 5.47. The topological polar surface area (TPSA) is 26.3 Å². The molecule has 0 saturated carbocycles. The van der Waals surface area contributed by atoms with Gasteiger partial charge in [-0.25, -0.2) is 4.79 Å². The van der Waals surface area contributed by atoms with Crippen molar-refractivity contribution in [3.05, 3.63) is 35.9 Å². The van der Waals surface area contributed by atoms with E-state index in [2.05, 4.69) is 4.74 Å². The molecule has 0 fully saturated rings. The maximum atomic E-state index is 10.8. The van der Waals surface area contributed by atoms with E-state index < -0.39 is 0 Å². The van der Waals surface area contributed by atoms with Crippen LogP contribution < -0.4 is 0 Å². The van der Waals surface area contributed by atoms with Crippen molar-refractivity contribution in [2.45, 2.75) is 0 Å². The first-order valence-electron chi connectivity index (χ1n) is 2.98. The molecule has 0 amide bonds. The molecule has 1 rings (SSSR count). The van der Waals surface area contributed by atoms with E-state index in [9.17, 15) is 4.79 Å². The van der Waals surface area contributed by atoms with Crippen molar-refractivity contribution >= 4 is 5.97 Å². The van der Waals surface area contributed by atoms with Gasteiger partial charge in [-0.3, -0.25) is 0 Å². The summed E-state index contributed by atoms with van der Waals surface area (Å²) in [5.41, 5.74) is 0.588. The van der Waals surface area contributed by atoms with Gasteiger partial charge >= 0.3 is 5.97 Å². The van der Waals surface area contributed by atoms with E-state index in [4.69, 9.17) is 0 Å². The number of methoxy groups -OCH3 is 1. The van der Waals surface area contributed by atoms with Crippen LogP contribution in [0.15, 0.2) is 30.3 Å². The molecule has 0 heterocycles. The molecule has 0 N–H and O–H groups in total. The minimum absolute atomic E-state index is 0. The Labute approximate surface area is 93.5 Å². The van der Waals surface area contributed by atoms with Crippen molar-refractivity contribution in [2.75, 3.05) is 7.11 Å². The minimum atomic E-state index is -0.291. The largest absolute Gasteiger partial charge is 0.465 e. The molecule has 3 heteroatoms. The van der Waals surface area contributed by atoms with Crippen LogP contribution in [0, 0.1) is 35.6 Å². The second-order valence-electron chi connectivity index (χ2n) is 1.86. The summed E-state index contributed by atoms with van der Waals surface area (Å²) in [6.45, 7) is 0. The van der Waals surface area contributed by atoms with Crippen LogP contribution in [-0.2, 0) is 4.74 Å². The van der Waals surface area contributed by atoms with Crippen molar-refractivity contribution in [1.82, 2.24) is 0 Å². The molecule has 0 atom stereocenters. The SMILES string of the molecule is COC(=O)c1ccccc1.[La]. The van der Waals surface area contributed by atoms with E-state index in [-0.39, 0.29) is 41.6 Å². The van der Waals surface area contributed by atoms with Crippen molar-refractivity contribution in [3.63, 3.8) is 0 Å². The summed E-state index contributed by atoms with van der Waals surface area (Å²) in [6, 6.07) is 8.88. The average Bonchev–Trinajstić information content (AvgIpc) is 2.05. The summed E-state index contributed by atoms with van der Waals surface area (Å²) < 4.78 is 4.50. The molecule has 0 spiro atoms. The first kappa shape index (κ1) is 10.9. The second-order valence-corrected chi connectivity index (χ2v) is 1.86. The molecular weight excluding hydrogens is 267 g/mol. The quantitative estimate of drug-likeness (QED) is 0.725. The van der Waals surface area contributed by atoms with E-state index in [1.54, 1.807) is 24.3 Å². The summed E-state index contributed by atoms with van der Waals surface area (Å²) in [6.07, 6.45) is 0. The van der Waals surface area contributed by atoms with E-state index in [1.807, 2.05) is 6.07 Å². The summed E-state index contributed by atoms with van der Waals surface area (Å²) in [7, 11) is 1.37. The third-order valence-corrected chi connectivity index (χ3v) is 1.19. The Hall–Kier alpha value is -0.115. The number of hydrogen-bond donors (Lipinski definition) is 0. The van der Waals surface area contributed by atoms with E-state index in [1.165, 1.54) is 7.11 Å². The third-order valence-electron chi connectivity index (χ3n) is 1.19. The first-order chi connectivity index (χ1) is 4.84. The van der Waals surface area contributed by atoms with Gasteiger partial charge in [0.1, 0.15) is 0 Å². The Morgan fingerprint density at radius 2 is 1.82 bits per heavy atom. The maximum Gasteiger partial charge on any atom is 0.337 e. The van der Waals surface area contributed by atoms with Crippen molar-refractivity contribution in [2.24, 2.45) is 0 Å². The van der Waals surface area contributed by atoms with Gasteiger partial charge in [0, 0.05) is 35.6 Å². The number of esters is 1. The fourth-order valence-electron chi connectivity index (χ4n) is 0.692. The summed E-state index contributed by atoms with van der Waals surface area (Å²) in [4.78, 5) is 10.8. The molecule has 55 valence electrons. The average molecular weight is 275 g/mol. The molecule has 2 nitrogen and oxygen atoms in total. The molecule has 1 aromatic rings. The summed E-state index contributed by atoms with van der Waals surface area (Å²) in [5, 5.41) is 0. The number of carbonyl (C=O) groups is 1. The van der Waals surface area contributed by atoms with Crippen LogP contribution >= 0.6 is 0 Å². The van der Waals surface area contributed by atoms with Gasteiger partial charge < -0.3 is 4.74 Å². The standard InChI is InChI=1S/C8H8O2.La/c1-10-8(9)7-5-3-2-4-6-7;/h2-6H,1H3;. The molecule has 0 unspecified atom stereocenters. The Morgan fingerprint density at radius 1 is 1.27 bits per heavy atom.